The number of piperidine rings is 1. The second-order valence-electron chi connectivity index (χ2n) is 6.76. The highest BCUT2D eigenvalue weighted by Crippen LogP contribution is 2.67. The number of fused-ring (bicyclic) bond motifs is 2. The Hall–Kier alpha value is -1.77. The first-order valence-corrected chi connectivity index (χ1v) is 8.65. The molecular formula is C18H26ClN5. The van der Waals surface area contributed by atoms with Crippen LogP contribution in [0.4, 0.5) is 0 Å². The molecule has 1 aliphatic carbocycles. The van der Waals surface area contributed by atoms with E-state index in [2.05, 4.69) is 39.0 Å². The van der Waals surface area contributed by atoms with Crippen LogP contribution < -0.4 is 0 Å². The largest absolute Gasteiger partial charge is 0.353 e. The molecule has 0 aromatic rings. The molecule has 0 radical (unpaired) electrons. The maximum Gasteiger partial charge on any atom is 0.189 e. The summed E-state index contributed by atoms with van der Waals surface area (Å²) >= 11 is 0. The summed E-state index contributed by atoms with van der Waals surface area (Å²) in [6.45, 7) is 6.86. The smallest absolute Gasteiger partial charge is 0.189 e. The van der Waals surface area contributed by atoms with Crippen LogP contribution in [0, 0.1) is 62.1 Å². The van der Waals surface area contributed by atoms with E-state index in [1.165, 1.54) is 0 Å². The van der Waals surface area contributed by atoms with Crippen molar-refractivity contribution in [2.75, 3.05) is 6.54 Å². The van der Waals surface area contributed by atoms with Crippen LogP contribution in [0.5, 0.6) is 0 Å². The summed E-state index contributed by atoms with van der Waals surface area (Å²) in [5.41, 5.74) is -2.68. The van der Waals surface area contributed by atoms with Crippen molar-refractivity contribution >= 4 is 18.2 Å². The maximum atomic E-state index is 10.0. The van der Waals surface area contributed by atoms with Crippen molar-refractivity contribution in [1.29, 1.82) is 21.2 Å². The third kappa shape index (κ3) is 2.13. The molecule has 0 spiro atoms. The molecule has 2 aliphatic rings. The highest BCUT2D eigenvalue weighted by atomic mass is 35.5. The van der Waals surface area contributed by atoms with Crippen LogP contribution in [0.3, 0.4) is 0 Å². The van der Waals surface area contributed by atoms with Crippen LogP contribution in [-0.2, 0) is 0 Å². The summed E-state index contributed by atoms with van der Waals surface area (Å²) in [6.07, 6.45) is 4.41. The molecule has 2 rings (SSSR count). The standard InChI is InChI=1S/C18H25N5.ClH/c1-4-7-9-23-15-13(6-3)14(8-5-2)18(12-21,16(23)22)17(15,10-19)11-20;/h13-15,22H,4-9H2,1-3H3;1H. The lowest BCUT2D eigenvalue weighted by Gasteiger charge is -2.41. The van der Waals surface area contributed by atoms with Crippen molar-refractivity contribution in [2.45, 2.75) is 58.9 Å². The topological polar surface area (TPSA) is 98.5 Å². The van der Waals surface area contributed by atoms with Gasteiger partial charge in [0, 0.05) is 6.54 Å². The van der Waals surface area contributed by atoms with Gasteiger partial charge in [0.05, 0.1) is 24.2 Å². The lowest BCUT2D eigenvalue weighted by atomic mass is 9.63. The van der Waals surface area contributed by atoms with Gasteiger partial charge in [-0.1, -0.05) is 40.0 Å². The lowest BCUT2D eigenvalue weighted by Crippen LogP contribution is -2.50. The Labute approximate surface area is 151 Å². The highest BCUT2D eigenvalue weighted by Gasteiger charge is 2.79. The van der Waals surface area contributed by atoms with E-state index < -0.39 is 10.8 Å². The van der Waals surface area contributed by atoms with Gasteiger partial charge in [0.2, 0.25) is 0 Å². The zero-order chi connectivity index (χ0) is 17.3. The van der Waals surface area contributed by atoms with E-state index >= 15 is 0 Å². The van der Waals surface area contributed by atoms with E-state index in [0.29, 0.717) is 6.54 Å². The number of halogens is 1. The predicted octanol–water partition coefficient (Wildman–Crippen LogP) is 3.87. The van der Waals surface area contributed by atoms with E-state index in [9.17, 15) is 15.8 Å². The van der Waals surface area contributed by atoms with E-state index in [1.54, 1.807) is 0 Å². The Bertz CT molecular complexity index is 596. The molecule has 4 atom stereocenters. The van der Waals surface area contributed by atoms with Gasteiger partial charge in [-0.3, -0.25) is 5.41 Å². The second-order valence-corrected chi connectivity index (χ2v) is 6.76. The van der Waals surface area contributed by atoms with Crippen LogP contribution in [0.15, 0.2) is 0 Å². The number of nitrogens with one attached hydrogen (secondary N) is 1. The molecule has 0 aromatic carbocycles. The van der Waals surface area contributed by atoms with Gasteiger partial charge in [0.25, 0.3) is 0 Å². The molecule has 1 heterocycles. The molecule has 1 saturated heterocycles. The number of amidine groups is 1. The summed E-state index contributed by atoms with van der Waals surface area (Å²) in [4.78, 5) is 1.90. The molecule has 1 saturated carbocycles. The number of likely N-dealkylation sites (tertiary alicyclic amines) is 1. The zero-order valence-corrected chi connectivity index (χ0v) is 15.5. The van der Waals surface area contributed by atoms with Crippen molar-refractivity contribution in [3.8, 4) is 18.2 Å². The maximum absolute atomic E-state index is 10.0. The molecule has 4 unspecified atom stereocenters. The molecule has 2 fully saturated rings. The zero-order valence-electron chi connectivity index (χ0n) is 14.7. The second kappa shape index (κ2) is 7.42. The lowest BCUT2D eigenvalue weighted by molar-refractivity contribution is 0.166. The minimum absolute atomic E-state index is 0. The van der Waals surface area contributed by atoms with Gasteiger partial charge < -0.3 is 4.90 Å². The Morgan fingerprint density at radius 3 is 2.12 bits per heavy atom. The van der Waals surface area contributed by atoms with Crippen molar-refractivity contribution in [1.82, 2.24) is 4.90 Å². The van der Waals surface area contributed by atoms with Crippen molar-refractivity contribution < 1.29 is 0 Å². The van der Waals surface area contributed by atoms with Gasteiger partial charge in [-0.05, 0) is 24.7 Å². The van der Waals surface area contributed by atoms with E-state index in [1.807, 2.05) is 4.90 Å². The van der Waals surface area contributed by atoms with Crippen molar-refractivity contribution in [3.05, 3.63) is 0 Å². The number of nitriles is 3. The van der Waals surface area contributed by atoms with Crippen LogP contribution in [0.1, 0.15) is 52.9 Å². The third-order valence-electron chi connectivity index (χ3n) is 5.89. The molecule has 0 amide bonds. The van der Waals surface area contributed by atoms with E-state index in [-0.39, 0.29) is 36.1 Å². The number of hydrogen-bond donors (Lipinski definition) is 1. The summed E-state index contributed by atoms with van der Waals surface area (Å²) in [5.74, 6) is 0.265. The van der Waals surface area contributed by atoms with Gasteiger partial charge in [-0.2, -0.15) is 15.8 Å². The van der Waals surface area contributed by atoms with E-state index in [4.69, 9.17) is 5.41 Å². The van der Waals surface area contributed by atoms with Gasteiger partial charge in [0.1, 0.15) is 5.84 Å². The third-order valence-corrected chi connectivity index (χ3v) is 5.89. The van der Waals surface area contributed by atoms with Crippen LogP contribution in [0.25, 0.3) is 0 Å². The minimum Gasteiger partial charge on any atom is -0.353 e. The molecule has 5 nitrogen and oxygen atoms in total. The fraction of sp³-hybridized carbons (Fsp3) is 0.778. The van der Waals surface area contributed by atoms with Gasteiger partial charge in [0.15, 0.2) is 10.8 Å². The number of hydrogen-bond acceptors (Lipinski definition) is 4. The Morgan fingerprint density at radius 1 is 1.08 bits per heavy atom. The molecule has 1 N–H and O–H groups in total. The minimum atomic E-state index is -1.41. The normalized spacial score (nSPS) is 32.6. The molecule has 6 heteroatoms. The van der Waals surface area contributed by atoms with Gasteiger partial charge in [-0.15, -0.1) is 12.4 Å². The van der Waals surface area contributed by atoms with E-state index in [0.717, 1.165) is 32.1 Å². The first-order valence-electron chi connectivity index (χ1n) is 8.65. The van der Waals surface area contributed by atoms with Crippen molar-refractivity contribution in [3.63, 3.8) is 0 Å². The number of unbranched alkanes of at least 4 members (excludes halogenated alkanes) is 1. The first-order chi connectivity index (χ1) is 11.1. The molecule has 24 heavy (non-hydrogen) atoms. The monoisotopic (exact) mass is 347 g/mol. The fourth-order valence-electron chi connectivity index (χ4n) is 4.97. The molecule has 0 aromatic heterocycles. The number of rotatable bonds is 6. The average Bonchev–Trinajstić information content (AvgIpc) is 2.93. The van der Waals surface area contributed by atoms with Crippen molar-refractivity contribution in [2.24, 2.45) is 22.7 Å². The number of nitrogens with zero attached hydrogens (tertiary/aromatic N) is 4. The predicted molar refractivity (Wildman–Crippen MR) is 94.3 cm³/mol. The average molecular weight is 348 g/mol. The SMILES string of the molecule is CCCCN1C(=N)C2(C#N)C(CCC)C(CC)C1C2(C#N)C#N.Cl. The summed E-state index contributed by atoms with van der Waals surface area (Å²) in [5, 5.41) is 38.5. The summed E-state index contributed by atoms with van der Waals surface area (Å²) in [7, 11) is 0. The first kappa shape index (κ1) is 20.3. The molecule has 1 aliphatic heterocycles. The van der Waals surface area contributed by atoms with Crippen LogP contribution >= 0.6 is 12.4 Å². The summed E-state index contributed by atoms with van der Waals surface area (Å²) in [6, 6.07) is 6.39. The Kier molecular flexibility index (Phi) is 6.26. The van der Waals surface area contributed by atoms with Gasteiger partial charge >= 0.3 is 0 Å². The quantitative estimate of drug-likeness (QED) is 0.788. The molecule has 2 bridgehead atoms. The van der Waals surface area contributed by atoms with Crippen LogP contribution in [0.2, 0.25) is 0 Å². The Morgan fingerprint density at radius 2 is 1.71 bits per heavy atom. The van der Waals surface area contributed by atoms with Crippen LogP contribution in [-0.4, -0.2) is 23.3 Å². The summed E-state index contributed by atoms with van der Waals surface area (Å²) < 4.78 is 0. The Balaban J connectivity index is 0.00000288. The molecule has 130 valence electrons. The fourth-order valence-corrected chi connectivity index (χ4v) is 4.97. The van der Waals surface area contributed by atoms with Gasteiger partial charge in [-0.25, -0.2) is 0 Å². The highest BCUT2D eigenvalue weighted by molar-refractivity contribution is 5.95. The molecular weight excluding hydrogens is 322 g/mol.